The van der Waals surface area contributed by atoms with E-state index in [-0.39, 0.29) is 17.2 Å². The third-order valence-electron chi connectivity index (χ3n) is 2.77. The Balaban J connectivity index is 1.88. The molecular formula is C14H11N3O3. The van der Waals surface area contributed by atoms with Crippen molar-refractivity contribution in [3.8, 4) is 0 Å². The van der Waals surface area contributed by atoms with Crippen LogP contribution in [0.25, 0.3) is 11.1 Å². The lowest BCUT2D eigenvalue weighted by molar-refractivity contribution is 0.102. The molecule has 0 bridgehead atoms. The van der Waals surface area contributed by atoms with E-state index in [9.17, 15) is 9.59 Å². The number of carbonyl (C=O) groups is 1. The topological polar surface area (TPSA) is 88.0 Å². The Morgan fingerprint density at radius 3 is 2.95 bits per heavy atom. The lowest BCUT2D eigenvalue weighted by atomic mass is 10.2. The molecule has 0 fully saturated rings. The number of aryl methyl sites for hydroxylation is 1. The number of nitrogens with zero attached hydrogens (tertiary/aromatic N) is 1. The van der Waals surface area contributed by atoms with E-state index in [2.05, 4.69) is 15.3 Å². The fourth-order valence-corrected chi connectivity index (χ4v) is 1.90. The van der Waals surface area contributed by atoms with Crippen molar-refractivity contribution in [1.82, 2.24) is 9.97 Å². The number of benzene rings is 1. The Hall–Kier alpha value is -2.89. The molecule has 6 heteroatoms. The van der Waals surface area contributed by atoms with Crippen molar-refractivity contribution in [2.45, 2.75) is 6.92 Å². The largest absolute Gasteiger partial charge is 0.441 e. The molecule has 0 aliphatic heterocycles. The second-order valence-electron chi connectivity index (χ2n) is 4.30. The number of anilines is 1. The number of aromatic nitrogens is 2. The smallest absolute Gasteiger partial charge is 0.272 e. The highest BCUT2D eigenvalue weighted by Crippen LogP contribution is 2.19. The average molecular weight is 269 g/mol. The molecular weight excluding hydrogens is 258 g/mol. The van der Waals surface area contributed by atoms with Gasteiger partial charge in [0.05, 0.1) is 0 Å². The standard InChI is InChI=1S/C14H11N3O3/c1-8-15-11-7-9(5-6-12(11)20-8)16-14(19)10-3-2-4-13(18)17-10/h2-7H,1H3,(H,16,19)(H,17,18). The molecule has 0 unspecified atom stereocenters. The Kier molecular flexibility index (Phi) is 2.83. The summed E-state index contributed by atoms with van der Waals surface area (Å²) in [6.07, 6.45) is 0. The van der Waals surface area contributed by atoms with Gasteiger partial charge in [0.15, 0.2) is 11.5 Å². The van der Waals surface area contributed by atoms with Crippen LogP contribution in [-0.4, -0.2) is 15.9 Å². The highest BCUT2D eigenvalue weighted by Gasteiger charge is 2.08. The molecule has 1 amide bonds. The van der Waals surface area contributed by atoms with E-state index in [4.69, 9.17) is 4.42 Å². The van der Waals surface area contributed by atoms with Gasteiger partial charge in [-0.3, -0.25) is 9.59 Å². The van der Waals surface area contributed by atoms with Crippen molar-refractivity contribution in [3.63, 3.8) is 0 Å². The van der Waals surface area contributed by atoms with Crippen molar-refractivity contribution in [1.29, 1.82) is 0 Å². The molecule has 3 rings (SSSR count). The van der Waals surface area contributed by atoms with Gasteiger partial charge in [-0.15, -0.1) is 0 Å². The minimum atomic E-state index is -0.387. The average Bonchev–Trinajstić information content (AvgIpc) is 2.78. The first-order chi connectivity index (χ1) is 9.61. The van der Waals surface area contributed by atoms with Gasteiger partial charge in [-0.05, 0) is 24.3 Å². The van der Waals surface area contributed by atoms with Gasteiger partial charge in [-0.1, -0.05) is 6.07 Å². The maximum atomic E-state index is 12.0. The summed E-state index contributed by atoms with van der Waals surface area (Å²) in [5, 5.41) is 2.70. The quantitative estimate of drug-likeness (QED) is 0.745. The summed E-state index contributed by atoms with van der Waals surface area (Å²) >= 11 is 0. The van der Waals surface area contributed by atoms with E-state index in [1.807, 2.05) is 0 Å². The van der Waals surface area contributed by atoms with Gasteiger partial charge in [-0.25, -0.2) is 4.98 Å². The summed E-state index contributed by atoms with van der Waals surface area (Å²) < 4.78 is 5.36. The third-order valence-corrected chi connectivity index (χ3v) is 2.77. The molecule has 0 saturated carbocycles. The molecule has 2 N–H and O–H groups in total. The first-order valence-corrected chi connectivity index (χ1v) is 6.00. The highest BCUT2D eigenvalue weighted by atomic mass is 16.3. The number of rotatable bonds is 2. The van der Waals surface area contributed by atoms with E-state index in [0.717, 1.165) is 0 Å². The molecule has 1 aromatic carbocycles. The van der Waals surface area contributed by atoms with Crippen molar-refractivity contribution >= 4 is 22.7 Å². The molecule has 2 heterocycles. The summed E-state index contributed by atoms with van der Waals surface area (Å²) in [6.45, 7) is 1.76. The monoisotopic (exact) mass is 269 g/mol. The van der Waals surface area contributed by atoms with E-state index in [1.165, 1.54) is 18.2 Å². The number of pyridine rings is 1. The zero-order valence-electron chi connectivity index (χ0n) is 10.6. The van der Waals surface area contributed by atoms with E-state index < -0.39 is 0 Å². The fourth-order valence-electron chi connectivity index (χ4n) is 1.90. The summed E-state index contributed by atoms with van der Waals surface area (Å²) in [5.41, 5.74) is 1.80. The van der Waals surface area contributed by atoms with Crippen LogP contribution in [0, 0.1) is 6.92 Å². The predicted molar refractivity (Wildman–Crippen MR) is 73.8 cm³/mol. The van der Waals surface area contributed by atoms with Crippen molar-refractivity contribution in [2.24, 2.45) is 0 Å². The zero-order chi connectivity index (χ0) is 14.1. The van der Waals surface area contributed by atoms with Crippen LogP contribution >= 0.6 is 0 Å². The third kappa shape index (κ3) is 2.31. The molecule has 3 aromatic rings. The minimum Gasteiger partial charge on any atom is -0.441 e. The normalized spacial score (nSPS) is 10.7. The van der Waals surface area contributed by atoms with Crippen LogP contribution in [0.15, 0.2) is 45.6 Å². The SMILES string of the molecule is Cc1nc2cc(NC(=O)c3cccc(=O)[nH]3)ccc2o1. The molecule has 2 aromatic heterocycles. The summed E-state index contributed by atoms with van der Waals surface area (Å²) in [4.78, 5) is 29.8. The van der Waals surface area contributed by atoms with Crippen LogP contribution in [0.3, 0.4) is 0 Å². The van der Waals surface area contributed by atoms with Crippen LogP contribution in [0.4, 0.5) is 5.69 Å². The number of hydrogen-bond acceptors (Lipinski definition) is 4. The molecule has 6 nitrogen and oxygen atoms in total. The van der Waals surface area contributed by atoms with Crippen molar-refractivity contribution in [2.75, 3.05) is 5.32 Å². The lowest BCUT2D eigenvalue weighted by Gasteiger charge is -2.04. The van der Waals surface area contributed by atoms with Gasteiger partial charge in [0, 0.05) is 18.7 Å². The number of carbonyl (C=O) groups excluding carboxylic acids is 1. The van der Waals surface area contributed by atoms with E-state index >= 15 is 0 Å². The molecule has 0 spiro atoms. The molecule has 0 atom stereocenters. The number of H-pyrrole nitrogens is 1. The van der Waals surface area contributed by atoms with Crippen LogP contribution in [0.1, 0.15) is 16.4 Å². The molecule has 0 aliphatic rings. The first-order valence-electron chi connectivity index (χ1n) is 6.00. The summed E-state index contributed by atoms with van der Waals surface area (Å²) in [6, 6.07) is 9.57. The van der Waals surface area contributed by atoms with Crippen LogP contribution < -0.4 is 10.9 Å². The van der Waals surface area contributed by atoms with Crippen LogP contribution in [-0.2, 0) is 0 Å². The number of oxazole rings is 1. The van der Waals surface area contributed by atoms with Crippen LogP contribution in [0.2, 0.25) is 0 Å². The number of nitrogens with one attached hydrogen (secondary N) is 2. The fraction of sp³-hybridized carbons (Fsp3) is 0.0714. The molecule has 100 valence electrons. The predicted octanol–water partition coefficient (Wildman–Crippen LogP) is 2.08. The summed E-state index contributed by atoms with van der Waals surface area (Å²) in [7, 11) is 0. The molecule has 0 saturated heterocycles. The van der Waals surface area contributed by atoms with Gasteiger partial charge < -0.3 is 14.7 Å². The lowest BCUT2D eigenvalue weighted by Crippen LogP contribution is -2.17. The number of fused-ring (bicyclic) bond motifs is 1. The number of amides is 1. The zero-order valence-corrected chi connectivity index (χ0v) is 10.6. The highest BCUT2D eigenvalue weighted by molar-refractivity contribution is 6.03. The van der Waals surface area contributed by atoms with Gasteiger partial charge >= 0.3 is 0 Å². The minimum absolute atomic E-state index is 0.203. The maximum absolute atomic E-state index is 12.0. The van der Waals surface area contributed by atoms with Gasteiger partial charge in [0.2, 0.25) is 5.56 Å². The summed E-state index contributed by atoms with van der Waals surface area (Å²) in [5.74, 6) is 0.179. The van der Waals surface area contributed by atoms with E-state index in [1.54, 1.807) is 25.1 Å². The van der Waals surface area contributed by atoms with E-state index in [0.29, 0.717) is 22.7 Å². The van der Waals surface area contributed by atoms with Crippen molar-refractivity contribution in [3.05, 3.63) is 58.3 Å². The van der Waals surface area contributed by atoms with Crippen molar-refractivity contribution < 1.29 is 9.21 Å². The number of aromatic amines is 1. The van der Waals surface area contributed by atoms with Gasteiger partial charge in [0.1, 0.15) is 11.2 Å². The van der Waals surface area contributed by atoms with Gasteiger partial charge in [0.25, 0.3) is 5.91 Å². The second-order valence-corrected chi connectivity index (χ2v) is 4.30. The van der Waals surface area contributed by atoms with Gasteiger partial charge in [-0.2, -0.15) is 0 Å². The first kappa shape index (κ1) is 12.2. The molecule has 0 aliphatic carbocycles. The second kappa shape index (κ2) is 4.65. The molecule has 20 heavy (non-hydrogen) atoms. The van der Waals surface area contributed by atoms with Crippen LogP contribution in [0.5, 0.6) is 0 Å². The Labute approximate surface area is 113 Å². The Bertz CT molecular complexity index is 848. The molecule has 0 radical (unpaired) electrons. The number of hydrogen-bond donors (Lipinski definition) is 2. The maximum Gasteiger partial charge on any atom is 0.272 e. The Morgan fingerprint density at radius 2 is 2.15 bits per heavy atom. The Morgan fingerprint density at radius 1 is 1.30 bits per heavy atom.